The van der Waals surface area contributed by atoms with E-state index in [0.717, 1.165) is 30.4 Å². The Morgan fingerprint density at radius 2 is 1.79 bits per heavy atom. The Labute approximate surface area is 230 Å². The minimum absolute atomic E-state index is 0.00304. The molecule has 1 aliphatic rings. The molecule has 3 atom stereocenters. The number of allylic oxidation sites excluding steroid dienone is 2. The Morgan fingerprint density at radius 3 is 2.34 bits per heavy atom. The normalized spacial score (nSPS) is 18.9. The standard InChI is InChI=1S/C29H43F2N3O3S/c1-5-9-34(10-6-2)27(36)22-12-20(4)17-29(18-22,28(32)37)25(26(35)19-33-8-11-38-7-3)15-21-13-23(30)16-24(31)14-21/h12-14,16-17,25-26,33,35H,5-11,15,18-19H2,1-4H3,(H2,32,37)/t25-,26+,29?/m1/s1. The molecule has 0 bridgehead atoms. The number of nitrogens with two attached hydrogens (primary N) is 1. The molecular formula is C29H43F2N3O3S. The van der Waals surface area contributed by atoms with Crippen molar-refractivity contribution in [3.05, 3.63) is 58.7 Å². The van der Waals surface area contributed by atoms with Crippen molar-refractivity contribution in [2.45, 2.75) is 59.5 Å². The monoisotopic (exact) mass is 551 g/mol. The maximum Gasteiger partial charge on any atom is 0.249 e. The topological polar surface area (TPSA) is 95.7 Å². The van der Waals surface area contributed by atoms with Gasteiger partial charge in [-0.05, 0) is 56.1 Å². The largest absolute Gasteiger partial charge is 0.391 e. The van der Waals surface area contributed by atoms with E-state index in [0.29, 0.717) is 36.3 Å². The maximum absolute atomic E-state index is 14.1. The highest BCUT2D eigenvalue weighted by Crippen LogP contribution is 2.44. The van der Waals surface area contributed by atoms with Crippen LogP contribution >= 0.6 is 11.8 Å². The SMILES string of the molecule is CCCN(CCC)C(=O)C1=CC(C)=CC(C(N)=O)([C@H](Cc2cc(F)cc(F)c2)[C@@H](O)CNCCSCC)C1. The lowest BCUT2D eigenvalue weighted by Crippen LogP contribution is -2.52. The van der Waals surface area contributed by atoms with E-state index < -0.39 is 35.0 Å². The third-order valence-electron chi connectivity index (χ3n) is 6.86. The Balaban J connectivity index is 2.49. The third-order valence-corrected chi connectivity index (χ3v) is 7.76. The molecule has 1 unspecified atom stereocenters. The van der Waals surface area contributed by atoms with E-state index in [1.165, 1.54) is 12.1 Å². The Kier molecular flexibility index (Phi) is 12.9. The summed E-state index contributed by atoms with van der Waals surface area (Å²) in [5, 5.41) is 14.6. The number of carbonyl (C=O) groups is 2. The van der Waals surface area contributed by atoms with Gasteiger partial charge < -0.3 is 21.1 Å². The predicted octanol–water partition coefficient (Wildman–Crippen LogP) is 4.22. The Hall–Kier alpha value is -2.23. The summed E-state index contributed by atoms with van der Waals surface area (Å²) in [7, 11) is 0. The summed E-state index contributed by atoms with van der Waals surface area (Å²) in [6.45, 7) is 9.86. The van der Waals surface area contributed by atoms with Crippen molar-refractivity contribution in [3.8, 4) is 0 Å². The van der Waals surface area contributed by atoms with Gasteiger partial charge in [0.25, 0.3) is 0 Å². The predicted molar refractivity (Wildman–Crippen MR) is 151 cm³/mol. The molecule has 38 heavy (non-hydrogen) atoms. The van der Waals surface area contributed by atoms with Crippen LogP contribution in [0.15, 0.2) is 41.5 Å². The summed E-state index contributed by atoms with van der Waals surface area (Å²) in [5.74, 6) is -1.32. The Morgan fingerprint density at radius 1 is 1.16 bits per heavy atom. The van der Waals surface area contributed by atoms with Gasteiger partial charge in [0.05, 0.1) is 11.5 Å². The zero-order valence-electron chi connectivity index (χ0n) is 23.1. The first-order valence-electron chi connectivity index (χ1n) is 13.5. The van der Waals surface area contributed by atoms with Crippen LogP contribution < -0.4 is 11.1 Å². The van der Waals surface area contributed by atoms with Crippen molar-refractivity contribution >= 4 is 23.6 Å². The molecule has 0 spiro atoms. The van der Waals surface area contributed by atoms with Crippen molar-refractivity contribution in [2.75, 3.05) is 37.7 Å². The molecule has 2 rings (SSSR count). The number of amides is 2. The average Bonchev–Trinajstić information content (AvgIpc) is 2.85. The van der Waals surface area contributed by atoms with Crippen LogP contribution in [-0.2, 0) is 16.0 Å². The molecule has 0 saturated carbocycles. The van der Waals surface area contributed by atoms with E-state index in [4.69, 9.17) is 5.73 Å². The minimum Gasteiger partial charge on any atom is -0.391 e. The number of primary amides is 1. The second-order valence-corrected chi connectivity index (χ2v) is 11.4. The molecule has 1 aliphatic carbocycles. The van der Waals surface area contributed by atoms with Gasteiger partial charge in [0.1, 0.15) is 11.6 Å². The maximum atomic E-state index is 14.1. The number of carbonyl (C=O) groups excluding carboxylic acids is 2. The van der Waals surface area contributed by atoms with Crippen molar-refractivity contribution < 1.29 is 23.5 Å². The number of nitrogens with one attached hydrogen (secondary N) is 1. The van der Waals surface area contributed by atoms with Crippen LogP contribution in [0.2, 0.25) is 0 Å². The smallest absolute Gasteiger partial charge is 0.249 e. The molecule has 0 aliphatic heterocycles. The highest BCUT2D eigenvalue weighted by molar-refractivity contribution is 7.99. The highest BCUT2D eigenvalue weighted by Gasteiger charge is 2.48. The van der Waals surface area contributed by atoms with E-state index in [9.17, 15) is 23.5 Å². The number of rotatable bonds is 16. The molecule has 212 valence electrons. The summed E-state index contributed by atoms with van der Waals surface area (Å²) in [4.78, 5) is 28.6. The third kappa shape index (κ3) is 8.64. The van der Waals surface area contributed by atoms with Gasteiger partial charge >= 0.3 is 0 Å². The quantitative estimate of drug-likeness (QED) is 0.268. The second kappa shape index (κ2) is 15.4. The number of hydrogen-bond donors (Lipinski definition) is 3. The van der Waals surface area contributed by atoms with E-state index >= 15 is 0 Å². The molecule has 0 saturated heterocycles. The van der Waals surface area contributed by atoms with Gasteiger partial charge in [-0.3, -0.25) is 9.59 Å². The van der Waals surface area contributed by atoms with Crippen molar-refractivity contribution in [1.29, 1.82) is 0 Å². The van der Waals surface area contributed by atoms with Gasteiger partial charge in [-0.25, -0.2) is 8.78 Å². The average molecular weight is 552 g/mol. The fourth-order valence-electron chi connectivity index (χ4n) is 5.24. The van der Waals surface area contributed by atoms with Crippen LogP contribution in [0.25, 0.3) is 0 Å². The summed E-state index contributed by atoms with van der Waals surface area (Å²) < 4.78 is 28.2. The summed E-state index contributed by atoms with van der Waals surface area (Å²) in [6, 6.07) is 3.19. The molecule has 6 nitrogen and oxygen atoms in total. The molecule has 0 radical (unpaired) electrons. The van der Waals surface area contributed by atoms with Gasteiger partial charge in [0.2, 0.25) is 11.8 Å². The van der Waals surface area contributed by atoms with E-state index in [1.54, 1.807) is 35.7 Å². The first kappa shape index (κ1) is 32.0. The van der Waals surface area contributed by atoms with Crippen LogP contribution in [0.3, 0.4) is 0 Å². The van der Waals surface area contributed by atoms with Crippen LogP contribution in [0.4, 0.5) is 8.78 Å². The molecule has 4 N–H and O–H groups in total. The zero-order chi connectivity index (χ0) is 28.3. The molecule has 2 amide bonds. The first-order chi connectivity index (χ1) is 18.1. The first-order valence-corrected chi connectivity index (χ1v) is 14.6. The molecule has 0 aromatic heterocycles. The zero-order valence-corrected chi connectivity index (χ0v) is 23.9. The van der Waals surface area contributed by atoms with Gasteiger partial charge in [-0.1, -0.05) is 38.5 Å². The highest BCUT2D eigenvalue weighted by atomic mass is 32.2. The van der Waals surface area contributed by atoms with Crippen molar-refractivity contribution in [3.63, 3.8) is 0 Å². The van der Waals surface area contributed by atoms with E-state index in [2.05, 4.69) is 12.2 Å². The number of hydrogen-bond acceptors (Lipinski definition) is 5. The molecule has 1 aromatic carbocycles. The fraction of sp³-hybridized carbons (Fsp3) is 0.586. The van der Waals surface area contributed by atoms with Crippen LogP contribution in [0, 0.1) is 23.0 Å². The molecule has 0 heterocycles. The number of thioether (sulfide) groups is 1. The van der Waals surface area contributed by atoms with E-state index in [1.807, 2.05) is 13.8 Å². The lowest BCUT2D eigenvalue weighted by atomic mass is 9.63. The molecular weight excluding hydrogens is 508 g/mol. The van der Waals surface area contributed by atoms with E-state index in [-0.39, 0.29) is 25.3 Å². The number of aliphatic hydroxyl groups excluding tert-OH is 1. The van der Waals surface area contributed by atoms with Gasteiger partial charge in [-0.15, -0.1) is 0 Å². The minimum atomic E-state index is -1.42. The molecule has 1 aromatic rings. The molecule has 0 fully saturated rings. The van der Waals surface area contributed by atoms with Gasteiger partial charge in [-0.2, -0.15) is 11.8 Å². The van der Waals surface area contributed by atoms with Gasteiger partial charge in [0.15, 0.2) is 0 Å². The summed E-state index contributed by atoms with van der Waals surface area (Å²) in [5.41, 5.74) is 6.06. The van der Waals surface area contributed by atoms with Gasteiger partial charge in [0, 0.05) is 49.5 Å². The Bertz CT molecular complexity index is 991. The lowest BCUT2D eigenvalue weighted by Gasteiger charge is -2.42. The fourth-order valence-corrected chi connectivity index (χ4v) is 5.82. The van der Waals surface area contributed by atoms with Crippen LogP contribution in [-0.4, -0.2) is 65.6 Å². The molecule has 9 heteroatoms. The summed E-state index contributed by atoms with van der Waals surface area (Å²) >= 11 is 1.76. The summed E-state index contributed by atoms with van der Waals surface area (Å²) in [6.07, 6.45) is 4.02. The number of aliphatic hydroxyl groups is 1. The van der Waals surface area contributed by atoms with Crippen molar-refractivity contribution in [2.24, 2.45) is 17.1 Å². The van der Waals surface area contributed by atoms with Crippen LogP contribution in [0.1, 0.15) is 52.5 Å². The number of benzene rings is 1. The number of nitrogens with zero attached hydrogens (tertiary/aromatic N) is 1. The lowest BCUT2D eigenvalue weighted by molar-refractivity contribution is -0.132. The number of halogens is 2. The van der Waals surface area contributed by atoms with Crippen molar-refractivity contribution in [1.82, 2.24) is 10.2 Å². The van der Waals surface area contributed by atoms with Crippen LogP contribution in [0.5, 0.6) is 0 Å². The second-order valence-electron chi connectivity index (χ2n) is 9.99.